The van der Waals surface area contributed by atoms with Crippen molar-refractivity contribution >= 4 is 10.0 Å². The molecule has 78 valence electrons. The summed E-state index contributed by atoms with van der Waals surface area (Å²) in [6.07, 6.45) is 0. The lowest BCUT2D eigenvalue weighted by molar-refractivity contribution is 0.507. The van der Waals surface area contributed by atoms with E-state index in [1.165, 1.54) is 26.2 Å². The third-order valence-corrected chi connectivity index (χ3v) is 3.69. The first kappa shape index (κ1) is 11.1. The van der Waals surface area contributed by atoms with Gasteiger partial charge in [-0.1, -0.05) is 6.07 Å². The zero-order chi connectivity index (χ0) is 10.9. The number of hydrogen-bond donors (Lipinski definition) is 0. The molecule has 0 heterocycles. The van der Waals surface area contributed by atoms with E-state index in [1.807, 2.05) is 0 Å². The summed E-state index contributed by atoms with van der Waals surface area (Å²) in [5.41, 5.74) is 0.695. The molecule has 0 saturated carbocycles. The maximum absolute atomic E-state index is 13.3. The maximum atomic E-state index is 13.3. The van der Waals surface area contributed by atoms with Gasteiger partial charge in [0.1, 0.15) is 10.7 Å². The van der Waals surface area contributed by atoms with Crippen LogP contribution in [0, 0.1) is 12.7 Å². The Morgan fingerprint density at radius 2 is 1.86 bits per heavy atom. The monoisotopic (exact) mass is 217 g/mol. The van der Waals surface area contributed by atoms with Crippen molar-refractivity contribution in [2.45, 2.75) is 11.8 Å². The maximum Gasteiger partial charge on any atom is 0.245 e. The van der Waals surface area contributed by atoms with Gasteiger partial charge in [-0.2, -0.15) is 0 Å². The first-order valence-corrected chi connectivity index (χ1v) is 5.48. The van der Waals surface area contributed by atoms with Crippen molar-refractivity contribution in [3.05, 3.63) is 29.6 Å². The second kappa shape index (κ2) is 3.67. The number of nitrogens with zero attached hydrogens (tertiary/aromatic N) is 1. The molecule has 0 aliphatic rings. The summed E-state index contributed by atoms with van der Waals surface area (Å²) in [4.78, 5) is -0.284. The average molecular weight is 217 g/mol. The zero-order valence-corrected chi connectivity index (χ0v) is 9.10. The van der Waals surface area contributed by atoms with Crippen molar-refractivity contribution < 1.29 is 12.8 Å². The van der Waals surface area contributed by atoms with Crippen LogP contribution in [0.4, 0.5) is 4.39 Å². The molecule has 0 spiro atoms. The van der Waals surface area contributed by atoms with E-state index in [9.17, 15) is 12.8 Å². The Hall–Kier alpha value is -0.940. The van der Waals surface area contributed by atoms with Crippen LogP contribution in [0.3, 0.4) is 0 Å². The van der Waals surface area contributed by atoms with Crippen LogP contribution in [0.2, 0.25) is 0 Å². The molecule has 0 aliphatic carbocycles. The average Bonchev–Trinajstić information content (AvgIpc) is 2.02. The highest BCUT2D eigenvalue weighted by Crippen LogP contribution is 2.18. The molecular formula is C9H12FNO2S. The van der Waals surface area contributed by atoms with E-state index in [2.05, 4.69) is 0 Å². The lowest BCUT2D eigenvalue weighted by Gasteiger charge is -2.11. The summed E-state index contributed by atoms with van der Waals surface area (Å²) >= 11 is 0. The zero-order valence-electron chi connectivity index (χ0n) is 8.28. The van der Waals surface area contributed by atoms with Crippen LogP contribution in [0.5, 0.6) is 0 Å². The molecule has 0 N–H and O–H groups in total. The molecule has 0 amide bonds. The predicted octanol–water partition coefficient (Wildman–Crippen LogP) is 1.38. The predicted molar refractivity (Wildman–Crippen MR) is 52.0 cm³/mol. The highest BCUT2D eigenvalue weighted by molar-refractivity contribution is 7.89. The minimum Gasteiger partial charge on any atom is -0.207 e. The quantitative estimate of drug-likeness (QED) is 0.750. The summed E-state index contributed by atoms with van der Waals surface area (Å²) in [7, 11) is -0.927. The number of benzene rings is 1. The molecule has 3 nitrogen and oxygen atoms in total. The van der Waals surface area contributed by atoms with E-state index in [4.69, 9.17) is 0 Å². The fourth-order valence-corrected chi connectivity index (χ4v) is 1.95. The minimum absolute atomic E-state index is 0.284. The molecule has 0 saturated heterocycles. The first-order valence-electron chi connectivity index (χ1n) is 4.04. The van der Waals surface area contributed by atoms with E-state index in [1.54, 1.807) is 13.0 Å². The highest BCUT2D eigenvalue weighted by Gasteiger charge is 2.21. The molecule has 0 fully saturated rings. The van der Waals surface area contributed by atoms with E-state index in [0.717, 1.165) is 4.31 Å². The van der Waals surface area contributed by atoms with E-state index in [0.29, 0.717) is 5.56 Å². The normalized spacial score (nSPS) is 12.1. The first-order chi connectivity index (χ1) is 6.35. The Balaban J connectivity index is 3.35. The summed E-state index contributed by atoms with van der Waals surface area (Å²) in [5, 5.41) is 0. The van der Waals surface area contributed by atoms with Crippen molar-refractivity contribution in [1.82, 2.24) is 4.31 Å². The van der Waals surface area contributed by atoms with Crippen molar-refractivity contribution in [2.24, 2.45) is 0 Å². The van der Waals surface area contributed by atoms with Crippen LogP contribution >= 0.6 is 0 Å². The van der Waals surface area contributed by atoms with Gasteiger partial charge in [0.25, 0.3) is 0 Å². The third kappa shape index (κ3) is 1.93. The Labute approximate surface area is 83.2 Å². The summed E-state index contributed by atoms with van der Waals surface area (Å²) in [6.45, 7) is 1.70. The second-order valence-corrected chi connectivity index (χ2v) is 5.34. The molecule has 14 heavy (non-hydrogen) atoms. The SMILES string of the molecule is Cc1ccc(S(=O)(=O)N(C)C)c(F)c1. The number of rotatable bonds is 2. The number of aryl methyl sites for hydroxylation is 1. The Morgan fingerprint density at radius 3 is 2.29 bits per heavy atom. The van der Waals surface area contributed by atoms with Crippen LogP contribution in [0.25, 0.3) is 0 Å². The van der Waals surface area contributed by atoms with Gasteiger partial charge in [0, 0.05) is 14.1 Å². The molecule has 1 aromatic carbocycles. The summed E-state index contributed by atoms with van der Waals surface area (Å²) in [6, 6.07) is 4.05. The molecule has 0 unspecified atom stereocenters. The van der Waals surface area contributed by atoms with Gasteiger partial charge in [0.05, 0.1) is 0 Å². The van der Waals surface area contributed by atoms with Gasteiger partial charge >= 0.3 is 0 Å². The molecule has 1 rings (SSSR count). The van der Waals surface area contributed by atoms with Gasteiger partial charge < -0.3 is 0 Å². The summed E-state index contributed by atoms with van der Waals surface area (Å²) in [5.74, 6) is -0.710. The second-order valence-electron chi connectivity index (χ2n) is 3.22. The minimum atomic E-state index is -3.67. The fourth-order valence-electron chi connectivity index (χ4n) is 1.01. The van der Waals surface area contributed by atoms with Crippen LogP contribution < -0.4 is 0 Å². The van der Waals surface area contributed by atoms with Gasteiger partial charge in [-0.3, -0.25) is 0 Å². The number of sulfonamides is 1. The molecule has 0 aromatic heterocycles. The molecule has 1 aromatic rings. The lowest BCUT2D eigenvalue weighted by atomic mass is 10.2. The van der Waals surface area contributed by atoms with Crippen LogP contribution in [0.15, 0.2) is 23.1 Å². The molecule has 0 aliphatic heterocycles. The van der Waals surface area contributed by atoms with Crippen molar-refractivity contribution in [2.75, 3.05) is 14.1 Å². The van der Waals surface area contributed by atoms with Gasteiger partial charge in [-0.05, 0) is 24.6 Å². The highest BCUT2D eigenvalue weighted by atomic mass is 32.2. The molecular weight excluding hydrogens is 205 g/mol. The van der Waals surface area contributed by atoms with Crippen molar-refractivity contribution in [3.8, 4) is 0 Å². The number of halogens is 1. The largest absolute Gasteiger partial charge is 0.245 e. The Kier molecular flexibility index (Phi) is 2.92. The van der Waals surface area contributed by atoms with Gasteiger partial charge in [-0.25, -0.2) is 17.1 Å². The topological polar surface area (TPSA) is 37.4 Å². The van der Waals surface area contributed by atoms with Crippen LogP contribution in [-0.4, -0.2) is 26.8 Å². The van der Waals surface area contributed by atoms with E-state index >= 15 is 0 Å². The molecule has 0 atom stereocenters. The van der Waals surface area contributed by atoms with E-state index < -0.39 is 15.8 Å². The van der Waals surface area contributed by atoms with Gasteiger partial charge in [0.15, 0.2) is 0 Å². The fraction of sp³-hybridized carbons (Fsp3) is 0.333. The molecule has 5 heteroatoms. The van der Waals surface area contributed by atoms with Crippen molar-refractivity contribution in [3.63, 3.8) is 0 Å². The van der Waals surface area contributed by atoms with Gasteiger partial charge in [-0.15, -0.1) is 0 Å². The van der Waals surface area contributed by atoms with Crippen LogP contribution in [-0.2, 0) is 10.0 Å². The van der Waals surface area contributed by atoms with Gasteiger partial charge in [0.2, 0.25) is 10.0 Å². The Bertz CT molecular complexity index is 440. The van der Waals surface area contributed by atoms with Crippen molar-refractivity contribution in [1.29, 1.82) is 0 Å². The summed E-state index contributed by atoms with van der Waals surface area (Å²) < 4.78 is 37.4. The smallest absolute Gasteiger partial charge is 0.207 e. The number of hydrogen-bond acceptors (Lipinski definition) is 2. The molecule has 0 radical (unpaired) electrons. The lowest BCUT2D eigenvalue weighted by Crippen LogP contribution is -2.23. The molecule has 0 bridgehead atoms. The van der Waals surface area contributed by atoms with Crippen LogP contribution in [0.1, 0.15) is 5.56 Å². The Morgan fingerprint density at radius 1 is 1.29 bits per heavy atom. The van der Waals surface area contributed by atoms with E-state index in [-0.39, 0.29) is 4.90 Å². The standard InChI is InChI=1S/C9H12FNO2S/c1-7-4-5-9(8(10)6-7)14(12,13)11(2)3/h4-6H,1-3H3. The third-order valence-electron chi connectivity index (χ3n) is 1.85.